The van der Waals surface area contributed by atoms with Gasteiger partial charge in [-0.1, -0.05) is 40.5 Å². The number of hydrogen-bond acceptors (Lipinski definition) is 3. The number of aromatic nitrogens is 1. The van der Waals surface area contributed by atoms with Crippen molar-refractivity contribution in [2.75, 3.05) is 11.9 Å². The fourth-order valence-electron chi connectivity index (χ4n) is 1.91. The Hall–Kier alpha value is -1.16. The molecule has 0 spiro atoms. The van der Waals surface area contributed by atoms with Gasteiger partial charge in [0.15, 0.2) is 0 Å². The van der Waals surface area contributed by atoms with Crippen LogP contribution in [0.4, 0.5) is 10.2 Å². The molecule has 3 nitrogen and oxygen atoms in total. The molecule has 0 saturated heterocycles. The van der Waals surface area contributed by atoms with Crippen molar-refractivity contribution in [3.63, 3.8) is 0 Å². The number of halogens is 1. The van der Waals surface area contributed by atoms with Gasteiger partial charge in [-0.25, -0.2) is 9.37 Å². The Balaban J connectivity index is 2.70. The maximum atomic E-state index is 13.3. The van der Waals surface area contributed by atoms with Crippen LogP contribution >= 0.6 is 0 Å². The number of rotatable bonds is 8. The Kier molecular flexibility index (Phi) is 6.78. The molecule has 19 heavy (non-hydrogen) atoms. The first-order valence-corrected chi connectivity index (χ1v) is 7.18. The Morgan fingerprint density at radius 3 is 2.53 bits per heavy atom. The highest BCUT2D eigenvalue weighted by molar-refractivity contribution is 5.44. The largest absolute Gasteiger partial charge is 0.370 e. The molecule has 0 radical (unpaired) electrons. The molecule has 0 aromatic carbocycles. The average molecular weight is 267 g/mol. The Bertz CT molecular complexity index is 376. The Labute approximate surface area is 116 Å². The molecule has 0 bridgehead atoms. The number of pyridine rings is 1. The summed E-state index contributed by atoms with van der Waals surface area (Å²) in [7, 11) is 0. The van der Waals surface area contributed by atoms with Crippen LogP contribution in [0, 0.1) is 11.7 Å². The van der Waals surface area contributed by atoms with Gasteiger partial charge in [0.1, 0.15) is 11.6 Å². The lowest BCUT2D eigenvalue weighted by molar-refractivity contribution is 0.517. The predicted octanol–water partition coefficient (Wildman–Crippen LogP) is 3.57. The van der Waals surface area contributed by atoms with Gasteiger partial charge in [-0.3, -0.25) is 0 Å². The smallest absolute Gasteiger partial charge is 0.141 e. The average Bonchev–Trinajstić information content (AvgIpc) is 2.39. The van der Waals surface area contributed by atoms with Crippen LogP contribution in [0.25, 0.3) is 0 Å². The third-order valence-corrected chi connectivity index (χ3v) is 3.35. The summed E-state index contributed by atoms with van der Waals surface area (Å²) in [5, 5.41) is 6.65. The van der Waals surface area contributed by atoms with Gasteiger partial charge in [-0.05, 0) is 12.0 Å². The fraction of sp³-hybridized carbons (Fsp3) is 0.667. The van der Waals surface area contributed by atoms with Gasteiger partial charge in [0, 0.05) is 24.7 Å². The van der Waals surface area contributed by atoms with Gasteiger partial charge in [0.05, 0.1) is 6.20 Å². The van der Waals surface area contributed by atoms with Crippen LogP contribution in [-0.2, 0) is 6.54 Å². The van der Waals surface area contributed by atoms with Crippen molar-refractivity contribution in [1.82, 2.24) is 10.3 Å². The van der Waals surface area contributed by atoms with Crippen LogP contribution in [-0.4, -0.2) is 17.6 Å². The van der Waals surface area contributed by atoms with E-state index in [4.69, 9.17) is 0 Å². The molecular formula is C15H26FN3. The van der Waals surface area contributed by atoms with Gasteiger partial charge in [0.25, 0.3) is 0 Å². The standard InChI is InChI=1S/C15H26FN3/c1-5-12(6-2)8-18-15-13(9-17-11(3)4)7-14(16)10-19-15/h7,10-12,17H,5-6,8-9H2,1-4H3,(H,18,19). The zero-order chi connectivity index (χ0) is 14.3. The van der Waals surface area contributed by atoms with Crippen molar-refractivity contribution in [2.45, 2.75) is 53.1 Å². The molecule has 1 heterocycles. The van der Waals surface area contributed by atoms with Gasteiger partial charge in [0.2, 0.25) is 0 Å². The molecule has 0 aliphatic heterocycles. The summed E-state index contributed by atoms with van der Waals surface area (Å²) in [5.41, 5.74) is 0.889. The molecule has 1 aromatic rings. The lowest BCUT2D eigenvalue weighted by atomic mass is 10.0. The van der Waals surface area contributed by atoms with E-state index in [1.807, 2.05) is 0 Å². The number of nitrogens with one attached hydrogen (secondary N) is 2. The van der Waals surface area contributed by atoms with Crippen LogP contribution in [0.15, 0.2) is 12.3 Å². The van der Waals surface area contributed by atoms with E-state index in [1.165, 1.54) is 6.20 Å². The highest BCUT2D eigenvalue weighted by Crippen LogP contribution is 2.16. The van der Waals surface area contributed by atoms with Crippen molar-refractivity contribution in [3.05, 3.63) is 23.6 Å². The number of hydrogen-bond donors (Lipinski definition) is 2. The van der Waals surface area contributed by atoms with E-state index in [0.717, 1.165) is 30.8 Å². The molecule has 0 aliphatic carbocycles. The molecule has 0 amide bonds. The quantitative estimate of drug-likeness (QED) is 0.756. The highest BCUT2D eigenvalue weighted by Gasteiger charge is 2.09. The SMILES string of the molecule is CCC(CC)CNc1ncc(F)cc1CNC(C)C. The molecular weight excluding hydrogens is 241 g/mol. The van der Waals surface area contributed by atoms with Crippen LogP contribution in [0.5, 0.6) is 0 Å². The monoisotopic (exact) mass is 267 g/mol. The predicted molar refractivity (Wildman–Crippen MR) is 78.7 cm³/mol. The highest BCUT2D eigenvalue weighted by atomic mass is 19.1. The molecule has 0 saturated carbocycles. The fourth-order valence-corrected chi connectivity index (χ4v) is 1.91. The zero-order valence-corrected chi connectivity index (χ0v) is 12.5. The third kappa shape index (κ3) is 5.55. The van der Waals surface area contributed by atoms with Crippen LogP contribution in [0.3, 0.4) is 0 Å². The molecule has 0 atom stereocenters. The van der Waals surface area contributed by atoms with Gasteiger partial charge >= 0.3 is 0 Å². The summed E-state index contributed by atoms with van der Waals surface area (Å²) in [4.78, 5) is 4.17. The molecule has 0 unspecified atom stereocenters. The van der Waals surface area contributed by atoms with E-state index in [9.17, 15) is 4.39 Å². The second-order valence-corrected chi connectivity index (χ2v) is 5.26. The number of anilines is 1. The van der Waals surface area contributed by atoms with Crippen LogP contribution in [0.1, 0.15) is 46.1 Å². The zero-order valence-electron chi connectivity index (χ0n) is 12.5. The van der Waals surface area contributed by atoms with Crippen molar-refractivity contribution in [3.8, 4) is 0 Å². The molecule has 2 N–H and O–H groups in total. The first-order chi connectivity index (χ1) is 9.06. The van der Waals surface area contributed by atoms with E-state index in [-0.39, 0.29) is 5.82 Å². The van der Waals surface area contributed by atoms with Gasteiger partial charge < -0.3 is 10.6 Å². The molecule has 0 fully saturated rings. The van der Waals surface area contributed by atoms with Crippen molar-refractivity contribution in [2.24, 2.45) is 5.92 Å². The van der Waals surface area contributed by atoms with E-state index in [0.29, 0.717) is 18.5 Å². The van der Waals surface area contributed by atoms with Crippen molar-refractivity contribution >= 4 is 5.82 Å². The van der Waals surface area contributed by atoms with Crippen LogP contribution in [0.2, 0.25) is 0 Å². The van der Waals surface area contributed by atoms with Crippen molar-refractivity contribution in [1.29, 1.82) is 0 Å². The van der Waals surface area contributed by atoms with Crippen LogP contribution < -0.4 is 10.6 Å². The topological polar surface area (TPSA) is 37.0 Å². The van der Waals surface area contributed by atoms with E-state index in [1.54, 1.807) is 6.07 Å². The van der Waals surface area contributed by atoms with Gasteiger partial charge in [-0.15, -0.1) is 0 Å². The summed E-state index contributed by atoms with van der Waals surface area (Å²) in [5.74, 6) is 1.15. The Morgan fingerprint density at radius 2 is 1.95 bits per heavy atom. The molecule has 1 rings (SSSR count). The lowest BCUT2D eigenvalue weighted by Gasteiger charge is -2.17. The minimum atomic E-state index is -0.284. The summed E-state index contributed by atoms with van der Waals surface area (Å²) in [6, 6.07) is 1.92. The minimum Gasteiger partial charge on any atom is -0.370 e. The Morgan fingerprint density at radius 1 is 1.26 bits per heavy atom. The molecule has 108 valence electrons. The minimum absolute atomic E-state index is 0.284. The normalized spacial score (nSPS) is 11.3. The lowest BCUT2D eigenvalue weighted by Crippen LogP contribution is -2.23. The maximum Gasteiger partial charge on any atom is 0.141 e. The summed E-state index contributed by atoms with van der Waals surface area (Å²) >= 11 is 0. The maximum absolute atomic E-state index is 13.3. The molecule has 4 heteroatoms. The third-order valence-electron chi connectivity index (χ3n) is 3.35. The van der Waals surface area contributed by atoms with Gasteiger partial charge in [-0.2, -0.15) is 0 Å². The second-order valence-electron chi connectivity index (χ2n) is 5.26. The summed E-state index contributed by atoms with van der Waals surface area (Å²) in [6.07, 6.45) is 3.56. The second kappa shape index (κ2) is 8.10. The van der Waals surface area contributed by atoms with E-state index >= 15 is 0 Å². The molecule has 1 aromatic heterocycles. The number of nitrogens with zero attached hydrogens (tertiary/aromatic N) is 1. The molecule has 0 aliphatic rings. The van der Waals surface area contributed by atoms with E-state index in [2.05, 4.69) is 43.3 Å². The summed E-state index contributed by atoms with van der Waals surface area (Å²) < 4.78 is 13.3. The first-order valence-electron chi connectivity index (χ1n) is 7.18. The van der Waals surface area contributed by atoms with Crippen molar-refractivity contribution < 1.29 is 4.39 Å². The van der Waals surface area contributed by atoms with E-state index < -0.39 is 0 Å². The summed E-state index contributed by atoms with van der Waals surface area (Å²) in [6.45, 7) is 10.0. The first kappa shape index (κ1) is 15.9.